The van der Waals surface area contributed by atoms with Crippen LogP contribution in [0.25, 0.3) is 66.6 Å². The van der Waals surface area contributed by atoms with Crippen LogP contribution in [0.15, 0.2) is 127 Å². The van der Waals surface area contributed by atoms with E-state index in [4.69, 9.17) is 21.6 Å². The minimum absolute atomic E-state index is 0.635. The molecular weight excluding hydrogens is 576 g/mol. The fourth-order valence-electron chi connectivity index (χ4n) is 6.15. The molecule has 7 heteroatoms. The molecule has 0 aliphatic carbocycles. The van der Waals surface area contributed by atoms with Crippen LogP contribution in [-0.4, -0.2) is 24.1 Å². The van der Waals surface area contributed by atoms with Crippen molar-refractivity contribution in [1.29, 1.82) is 0 Å². The Morgan fingerprint density at radius 3 is 1.56 bits per heavy atom. The van der Waals surface area contributed by atoms with Gasteiger partial charge in [-0.05, 0) is 48.0 Å². The van der Waals surface area contributed by atoms with Crippen molar-refractivity contribution in [3.63, 3.8) is 0 Å². The maximum atomic E-state index is 7.05. The minimum Gasteiger partial charge on any atom is -0.388 e. The molecular formula is C38H29ClN6+2. The number of benzene rings is 6. The maximum absolute atomic E-state index is 7.05. The number of hydrogen-bond donors (Lipinski definition) is 2. The molecule has 0 aliphatic rings. The molecule has 8 aromatic rings. The zero-order chi connectivity index (χ0) is 30.5. The third-order valence-corrected chi connectivity index (χ3v) is 8.67. The Morgan fingerprint density at radius 2 is 1.00 bits per heavy atom. The quantitative estimate of drug-likeness (QED) is 0.154. The van der Waals surface area contributed by atoms with Crippen LogP contribution >= 0.6 is 11.6 Å². The highest BCUT2D eigenvalue weighted by Crippen LogP contribution is 2.34. The molecule has 2 aromatic heterocycles. The van der Waals surface area contributed by atoms with Gasteiger partial charge in [0.25, 0.3) is 0 Å². The summed E-state index contributed by atoms with van der Waals surface area (Å²) in [6.07, 6.45) is 0. The first-order valence-electron chi connectivity index (χ1n) is 14.9. The van der Waals surface area contributed by atoms with E-state index in [9.17, 15) is 0 Å². The number of fused-ring (bicyclic) bond motifs is 4. The van der Waals surface area contributed by atoms with Crippen LogP contribution in [0.1, 0.15) is 0 Å². The third-order valence-electron chi connectivity index (χ3n) is 8.35. The van der Waals surface area contributed by atoms with E-state index in [2.05, 4.69) is 117 Å². The van der Waals surface area contributed by atoms with Gasteiger partial charge in [-0.25, -0.2) is 9.97 Å². The van der Waals surface area contributed by atoms with Crippen LogP contribution in [0.2, 0.25) is 5.02 Å². The van der Waals surface area contributed by atoms with Gasteiger partial charge in [-0.15, -0.1) is 9.13 Å². The summed E-state index contributed by atoms with van der Waals surface area (Å²) in [5.41, 5.74) is 13.6. The average molecular weight is 605 g/mol. The van der Waals surface area contributed by atoms with Crippen LogP contribution < -0.4 is 19.8 Å². The first kappa shape index (κ1) is 27.0. The minimum atomic E-state index is 0.635. The van der Waals surface area contributed by atoms with Gasteiger partial charge in [0.05, 0.1) is 5.02 Å². The monoisotopic (exact) mass is 604 g/mol. The van der Waals surface area contributed by atoms with Crippen molar-refractivity contribution in [3.05, 3.63) is 132 Å². The standard InChI is InChI=1S/C38H27ClN6/c1-40-25-14-16-31-36(20-25)44(27-9-5-3-6-10-27)35-18-13-24(19-33(35)42-31)29-22-38-34(23-30(29)39)43-32-17-15-26(41-2)21-37(32)45(38)28-11-7-4-8-12-28/h3-23H,1-2H3/p+2. The lowest BCUT2D eigenvalue weighted by Crippen LogP contribution is -2.33. The molecule has 0 saturated carbocycles. The first-order chi connectivity index (χ1) is 22.1. The largest absolute Gasteiger partial charge is 0.388 e. The Labute approximate surface area is 265 Å². The number of halogens is 1. The Kier molecular flexibility index (Phi) is 6.50. The summed E-state index contributed by atoms with van der Waals surface area (Å²) in [5.74, 6) is 0. The van der Waals surface area contributed by atoms with Crippen molar-refractivity contribution >= 4 is 67.1 Å². The number of para-hydroxylation sites is 2. The van der Waals surface area contributed by atoms with Crippen molar-refractivity contribution < 1.29 is 9.13 Å². The number of nitrogens with one attached hydrogen (secondary N) is 2. The summed E-state index contributed by atoms with van der Waals surface area (Å²) < 4.78 is 4.52. The van der Waals surface area contributed by atoms with Crippen molar-refractivity contribution in [1.82, 2.24) is 9.97 Å². The van der Waals surface area contributed by atoms with Gasteiger partial charge in [-0.2, -0.15) is 0 Å². The molecule has 0 bridgehead atoms. The third kappa shape index (κ3) is 4.58. The van der Waals surface area contributed by atoms with Crippen LogP contribution in [0.3, 0.4) is 0 Å². The molecule has 0 fully saturated rings. The summed E-state index contributed by atoms with van der Waals surface area (Å²) in [6.45, 7) is 0. The maximum Gasteiger partial charge on any atom is 0.239 e. The smallest absolute Gasteiger partial charge is 0.239 e. The van der Waals surface area contributed by atoms with Crippen LogP contribution in [0.4, 0.5) is 11.4 Å². The zero-order valence-corrected chi connectivity index (χ0v) is 25.5. The number of nitrogens with zero attached hydrogens (tertiary/aromatic N) is 4. The van der Waals surface area contributed by atoms with E-state index in [1.165, 1.54) is 0 Å². The molecule has 216 valence electrons. The Hall–Kier alpha value is -5.59. The fraction of sp³-hybridized carbons (Fsp3) is 0.0526. The number of hydrogen-bond acceptors (Lipinski definition) is 4. The van der Waals surface area contributed by atoms with Gasteiger partial charge in [-0.1, -0.05) is 48.0 Å². The predicted octanol–water partition coefficient (Wildman–Crippen LogP) is 8.05. The molecule has 0 aliphatic heterocycles. The van der Waals surface area contributed by atoms with E-state index >= 15 is 0 Å². The number of anilines is 2. The molecule has 6 nitrogen and oxygen atoms in total. The topological polar surface area (TPSA) is 57.6 Å². The van der Waals surface area contributed by atoms with Gasteiger partial charge in [-0.3, -0.25) is 0 Å². The van der Waals surface area contributed by atoms with Crippen molar-refractivity contribution in [2.75, 3.05) is 24.7 Å². The van der Waals surface area contributed by atoms with E-state index in [1.807, 2.05) is 44.4 Å². The van der Waals surface area contributed by atoms with E-state index in [0.29, 0.717) is 5.02 Å². The lowest BCUT2D eigenvalue weighted by Gasteiger charge is -2.11. The Morgan fingerprint density at radius 1 is 0.489 bits per heavy atom. The normalized spacial score (nSPS) is 11.4. The molecule has 0 amide bonds. The second kappa shape index (κ2) is 10.8. The van der Waals surface area contributed by atoms with Crippen LogP contribution in [-0.2, 0) is 0 Å². The van der Waals surface area contributed by atoms with E-state index < -0.39 is 0 Å². The predicted molar refractivity (Wildman–Crippen MR) is 185 cm³/mol. The SMILES string of the molecule is CNc1ccc2nc3cc(-c4cc5c(cc4Cl)nc4ccc(NC)cc4[n+]5-c4ccccc4)ccc3[n+](-c3ccccc3)c2c1. The zero-order valence-electron chi connectivity index (χ0n) is 24.8. The molecule has 0 unspecified atom stereocenters. The van der Waals surface area contributed by atoms with Crippen molar-refractivity contribution in [2.45, 2.75) is 0 Å². The molecule has 0 atom stereocenters. The summed E-state index contributed by atoms with van der Waals surface area (Å²) in [5, 5.41) is 7.17. The molecule has 0 saturated heterocycles. The second-order valence-corrected chi connectivity index (χ2v) is 11.4. The summed E-state index contributed by atoms with van der Waals surface area (Å²) >= 11 is 7.05. The number of rotatable bonds is 5. The Balaban J connectivity index is 1.40. The first-order valence-corrected chi connectivity index (χ1v) is 15.2. The lowest BCUT2D eigenvalue weighted by molar-refractivity contribution is -0.538. The molecule has 0 radical (unpaired) electrons. The van der Waals surface area contributed by atoms with Crippen molar-refractivity contribution in [2.24, 2.45) is 0 Å². The molecule has 2 heterocycles. The van der Waals surface area contributed by atoms with Gasteiger partial charge < -0.3 is 10.6 Å². The molecule has 8 rings (SSSR count). The summed E-state index contributed by atoms with van der Waals surface area (Å²) in [4.78, 5) is 10.2. The molecule has 6 aromatic carbocycles. The van der Waals surface area contributed by atoms with Crippen molar-refractivity contribution in [3.8, 4) is 22.5 Å². The van der Waals surface area contributed by atoms with E-state index in [1.54, 1.807) is 0 Å². The highest BCUT2D eigenvalue weighted by atomic mass is 35.5. The van der Waals surface area contributed by atoms with Gasteiger partial charge >= 0.3 is 0 Å². The second-order valence-electron chi connectivity index (χ2n) is 11.0. The van der Waals surface area contributed by atoms with Gasteiger partial charge in [0.15, 0.2) is 0 Å². The highest BCUT2D eigenvalue weighted by Gasteiger charge is 2.24. The molecule has 2 N–H and O–H groups in total. The van der Waals surface area contributed by atoms with E-state index in [0.717, 1.165) is 78.0 Å². The van der Waals surface area contributed by atoms with Gasteiger partial charge in [0.1, 0.15) is 22.1 Å². The fourth-order valence-corrected chi connectivity index (χ4v) is 6.41. The lowest BCUT2D eigenvalue weighted by atomic mass is 10.0. The Bertz CT molecular complexity index is 2410. The van der Waals surface area contributed by atoms with Gasteiger partial charge in [0.2, 0.25) is 33.4 Å². The van der Waals surface area contributed by atoms with E-state index in [-0.39, 0.29) is 0 Å². The summed E-state index contributed by atoms with van der Waals surface area (Å²) in [6, 6.07) is 43.8. The van der Waals surface area contributed by atoms with Crippen LogP contribution in [0.5, 0.6) is 0 Å². The molecule has 0 spiro atoms. The average Bonchev–Trinajstić information content (AvgIpc) is 3.09. The molecule has 45 heavy (non-hydrogen) atoms. The summed E-state index contributed by atoms with van der Waals surface area (Å²) in [7, 11) is 3.86. The number of aromatic nitrogens is 4. The van der Waals surface area contributed by atoms with Gasteiger partial charge in [0, 0.05) is 79.6 Å². The highest BCUT2D eigenvalue weighted by molar-refractivity contribution is 6.34. The van der Waals surface area contributed by atoms with Crippen LogP contribution in [0, 0.1) is 0 Å².